The molecule has 0 unspecified atom stereocenters. The highest BCUT2D eigenvalue weighted by Crippen LogP contribution is 2.13. The zero-order chi connectivity index (χ0) is 30.7. The number of amides is 2. The molecule has 0 fully saturated rings. The molecule has 0 saturated carbocycles. The fraction of sp³-hybridized carbons (Fsp3) is 0.263. The Labute approximate surface area is 261 Å². The summed E-state index contributed by atoms with van der Waals surface area (Å²) in [4.78, 5) is 24.9. The Balaban J connectivity index is 1.07. The van der Waals surface area contributed by atoms with E-state index in [0.717, 1.165) is 85.0 Å². The molecule has 4 aromatic carbocycles. The summed E-state index contributed by atoms with van der Waals surface area (Å²) in [5.41, 5.74) is 10.9. The molecule has 4 rings (SSSR count). The lowest BCUT2D eigenvalue weighted by Gasteiger charge is -2.08. The lowest BCUT2D eigenvalue weighted by Crippen LogP contribution is -2.20. The second-order valence-electron chi connectivity index (χ2n) is 10.8. The minimum Gasteiger partial charge on any atom is -0.273 e. The van der Waals surface area contributed by atoms with Gasteiger partial charge in [0.05, 0.1) is 11.4 Å². The van der Waals surface area contributed by atoms with Crippen LogP contribution in [0.2, 0.25) is 0 Å². The highest BCUT2D eigenvalue weighted by atomic mass is 16.2. The number of benzene rings is 4. The average Bonchev–Trinajstić information content (AvgIpc) is 3.08. The van der Waals surface area contributed by atoms with Crippen molar-refractivity contribution in [3.05, 3.63) is 144 Å². The lowest BCUT2D eigenvalue weighted by molar-refractivity contribution is -0.122. The third-order valence-corrected chi connectivity index (χ3v) is 7.33. The Bertz CT molecular complexity index is 1270. The first kappa shape index (κ1) is 32.1. The fourth-order valence-electron chi connectivity index (χ4n) is 4.96. The third kappa shape index (κ3) is 11.1. The third-order valence-electron chi connectivity index (χ3n) is 7.33. The number of nitrogens with zero attached hydrogens (tertiary/aromatic N) is 2. The number of hydrogen-bond donors (Lipinski definition) is 2. The van der Waals surface area contributed by atoms with E-state index in [9.17, 15) is 9.59 Å². The maximum Gasteiger partial charge on any atom is 0.240 e. The van der Waals surface area contributed by atoms with Crippen LogP contribution in [0, 0.1) is 0 Å². The second-order valence-corrected chi connectivity index (χ2v) is 10.8. The van der Waals surface area contributed by atoms with Gasteiger partial charge in [0, 0.05) is 35.1 Å². The van der Waals surface area contributed by atoms with Gasteiger partial charge in [-0.05, 0) is 12.8 Å². The molecular formula is C38H42N4O2. The molecule has 0 radical (unpaired) electrons. The first-order valence-electron chi connectivity index (χ1n) is 15.7. The first-order valence-corrected chi connectivity index (χ1v) is 15.7. The molecule has 0 aliphatic rings. The predicted octanol–water partition coefficient (Wildman–Crippen LogP) is 8.03. The number of carbonyl (C=O) groups is 2. The topological polar surface area (TPSA) is 82.9 Å². The van der Waals surface area contributed by atoms with Crippen molar-refractivity contribution in [2.75, 3.05) is 0 Å². The van der Waals surface area contributed by atoms with E-state index in [4.69, 9.17) is 0 Å². The van der Waals surface area contributed by atoms with Crippen LogP contribution in [0.3, 0.4) is 0 Å². The van der Waals surface area contributed by atoms with Gasteiger partial charge in [0.2, 0.25) is 11.8 Å². The van der Waals surface area contributed by atoms with Crippen molar-refractivity contribution in [1.82, 2.24) is 10.9 Å². The normalized spacial score (nSPS) is 10.5. The predicted molar refractivity (Wildman–Crippen MR) is 180 cm³/mol. The van der Waals surface area contributed by atoms with Crippen LogP contribution in [0.25, 0.3) is 0 Å². The smallest absolute Gasteiger partial charge is 0.240 e. The van der Waals surface area contributed by atoms with E-state index >= 15 is 0 Å². The van der Waals surface area contributed by atoms with Crippen LogP contribution >= 0.6 is 0 Å². The molecule has 0 aliphatic heterocycles. The van der Waals surface area contributed by atoms with Gasteiger partial charge in [0.15, 0.2) is 0 Å². The van der Waals surface area contributed by atoms with Gasteiger partial charge in [-0.1, -0.05) is 160 Å². The number of hydrogen-bond acceptors (Lipinski definition) is 4. The summed E-state index contributed by atoms with van der Waals surface area (Å²) in [6.45, 7) is 0. The van der Waals surface area contributed by atoms with E-state index in [2.05, 4.69) is 21.1 Å². The zero-order valence-electron chi connectivity index (χ0n) is 25.3. The molecule has 0 aromatic heterocycles. The molecule has 2 N–H and O–H groups in total. The van der Waals surface area contributed by atoms with Crippen LogP contribution in [0.15, 0.2) is 132 Å². The largest absolute Gasteiger partial charge is 0.273 e. The Hall–Kier alpha value is -4.84. The van der Waals surface area contributed by atoms with Gasteiger partial charge in [0.1, 0.15) is 0 Å². The average molecular weight is 587 g/mol. The molecule has 0 bridgehead atoms. The van der Waals surface area contributed by atoms with Gasteiger partial charge < -0.3 is 0 Å². The molecular weight excluding hydrogens is 544 g/mol. The van der Waals surface area contributed by atoms with Gasteiger partial charge >= 0.3 is 0 Å². The minimum atomic E-state index is -0.0587. The molecule has 0 heterocycles. The van der Waals surface area contributed by atoms with Crippen molar-refractivity contribution in [1.29, 1.82) is 0 Å². The number of nitrogens with one attached hydrogen (secondary N) is 2. The lowest BCUT2D eigenvalue weighted by atomic mass is 10.0. The van der Waals surface area contributed by atoms with Crippen molar-refractivity contribution < 1.29 is 9.59 Å². The van der Waals surface area contributed by atoms with Crippen LogP contribution < -0.4 is 10.9 Å². The molecule has 226 valence electrons. The summed E-state index contributed by atoms with van der Waals surface area (Å²) in [5.74, 6) is -0.117. The molecule has 0 spiro atoms. The summed E-state index contributed by atoms with van der Waals surface area (Å²) in [7, 11) is 0. The van der Waals surface area contributed by atoms with Crippen molar-refractivity contribution >= 4 is 23.2 Å². The Morgan fingerprint density at radius 1 is 0.386 bits per heavy atom. The molecule has 0 aliphatic carbocycles. The maximum absolute atomic E-state index is 12.4. The molecule has 0 saturated heterocycles. The summed E-state index contributed by atoms with van der Waals surface area (Å²) in [6.07, 6.45) is 9.16. The van der Waals surface area contributed by atoms with E-state index in [1.54, 1.807) is 0 Å². The monoisotopic (exact) mass is 586 g/mol. The van der Waals surface area contributed by atoms with Crippen LogP contribution in [0.5, 0.6) is 0 Å². The fourth-order valence-corrected chi connectivity index (χ4v) is 4.96. The molecule has 6 nitrogen and oxygen atoms in total. The summed E-state index contributed by atoms with van der Waals surface area (Å²) in [5, 5.41) is 8.93. The van der Waals surface area contributed by atoms with Gasteiger partial charge in [-0.15, -0.1) is 0 Å². The maximum atomic E-state index is 12.4. The Kier molecular flexibility index (Phi) is 13.6. The second kappa shape index (κ2) is 18.6. The molecule has 44 heavy (non-hydrogen) atoms. The zero-order valence-corrected chi connectivity index (χ0v) is 25.3. The quantitative estimate of drug-likeness (QED) is 0.0746. The van der Waals surface area contributed by atoms with Crippen molar-refractivity contribution in [3.63, 3.8) is 0 Å². The Morgan fingerprint density at radius 3 is 0.909 bits per heavy atom. The van der Waals surface area contributed by atoms with E-state index in [-0.39, 0.29) is 11.8 Å². The van der Waals surface area contributed by atoms with Crippen LogP contribution in [-0.2, 0) is 9.59 Å². The van der Waals surface area contributed by atoms with Crippen LogP contribution in [-0.4, -0.2) is 23.2 Å². The molecule has 6 heteroatoms. The SMILES string of the molecule is O=C(CCCCCCCCCCC(=O)NN=C(c1ccccc1)c1ccccc1)NN=C(c1ccccc1)c1ccccc1. The van der Waals surface area contributed by atoms with Crippen LogP contribution in [0.4, 0.5) is 0 Å². The van der Waals surface area contributed by atoms with E-state index in [0.29, 0.717) is 12.8 Å². The number of hydrazone groups is 2. The highest BCUT2D eigenvalue weighted by molar-refractivity contribution is 6.13. The van der Waals surface area contributed by atoms with Crippen molar-refractivity contribution in [2.24, 2.45) is 10.2 Å². The molecule has 0 atom stereocenters. The number of unbranched alkanes of at least 4 members (excludes halogenated alkanes) is 7. The first-order chi connectivity index (χ1) is 21.7. The number of rotatable bonds is 17. The van der Waals surface area contributed by atoms with Gasteiger partial charge in [-0.25, -0.2) is 10.9 Å². The summed E-state index contributed by atoms with van der Waals surface area (Å²) in [6, 6.07) is 39.6. The molecule has 2 amide bonds. The van der Waals surface area contributed by atoms with E-state index < -0.39 is 0 Å². The summed E-state index contributed by atoms with van der Waals surface area (Å²) >= 11 is 0. The van der Waals surface area contributed by atoms with E-state index in [1.165, 1.54) is 0 Å². The summed E-state index contributed by atoms with van der Waals surface area (Å²) < 4.78 is 0. The Morgan fingerprint density at radius 2 is 0.636 bits per heavy atom. The van der Waals surface area contributed by atoms with Crippen LogP contribution in [0.1, 0.15) is 86.5 Å². The minimum absolute atomic E-state index is 0.0587. The molecule has 4 aromatic rings. The van der Waals surface area contributed by atoms with Crippen molar-refractivity contribution in [2.45, 2.75) is 64.2 Å². The van der Waals surface area contributed by atoms with E-state index in [1.807, 2.05) is 121 Å². The van der Waals surface area contributed by atoms with Gasteiger partial charge in [0.25, 0.3) is 0 Å². The van der Waals surface area contributed by atoms with Gasteiger partial charge in [-0.2, -0.15) is 10.2 Å². The van der Waals surface area contributed by atoms with Crippen molar-refractivity contribution in [3.8, 4) is 0 Å². The highest BCUT2D eigenvalue weighted by Gasteiger charge is 2.09. The van der Waals surface area contributed by atoms with Gasteiger partial charge in [-0.3, -0.25) is 9.59 Å². The standard InChI is InChI=1S/C38H42N4O2/c43-35(39-41-37(31-21-11-7-12-22-31)32-23-13-8-14-24-32)29-19-5-3-1-2-4-6-20-30-36(44)40-42-38(33-25-15-9-16-26-33)34-27-17-10-18-28-34/h7-18,21-28H,1-6,19-20,29-30H2,(H,39,43)(H,40,44). The number of carbonyl (C=O) groups excluding carboxylic acids is 2.